The molecule has 0 aromatic carbocycles. The van der Waals surface area contributed by atoms with Gasteiger partial charge in [-0.15, -0.1) is 0 Å². The molecule has 0 unspecified atom stereocenters. The minimum absolute atomic E-state index is 0.417. The smallest absolute Gasteiger partial charge is 0.195 e. The van der Waals surface area contributed by atoms with Gasteiger partial charge in [0.05, 0.1) is 5.69 Å². The molecule has 2 aromatic rings. The lowest BCUT2D eigenvalue weighted by atomic mass is 10.1. The van der Waals surface area contributed by atoms with Gasteiger partial charge in [-0.2, -0.15) is 0 Å². The highest BCUT2D eigenvalue weighted by Gasteiger charge is 2.16. The quantitative estimate of drug-likeness (QED) is 0.796. The molecule has 2 heterocycles. The molecule has 17 heavy (non-hydrogen) atoms. The Labute approximate surface area is 102 Å². The highest BCUT2D eigenvalue weighted by molar-refractivity contribution is 5.46. The first kappa shape index (κ1) is 11.8. The Morgan fingerprint density at radius 2 is 1.71 bits per heavy atom. The zero-order chi connectivity index (χ0) is 12.6. The largest absolute Gasteiger partial charge is 0.329 e. The van der Waals surface area contributed by atoms with Gasteiger partial charge in [-0.3, -0.25) is 0 Å². The second-order valence-corrected chi connectivity index (χ2v) is 4.70. The molecule has 4 heteroatoms. The fourth-order valence-corrected chi connectivity index (χ4v) is 1.86. The fraction of sp³-hybridized carbons (Fsp3) is 0.462. The van der Waals surface area contributed by atoms with E-state index in [4.69, 9.17) is 0 Å². The van der Waals surface area contributed by atoms with Crippen LogP contribution in [0.25, 0.3) is 11.6 Å². The minimum Gasteiger partial charge on any atom is -0.329 e. The van der Waals surface area contributed by atoms with E-state index in [1.165, 1.54) is 5.69 Å². The van der Waals surface area contributed by atoms with E-state index in [0.717, 1.165) is 17.1 Å². The van der Waals surface area contributed by atoms with E-state index in [1.54, 1.807) is 0 Å². The van der Waals surface area contributed by atoms with Crippen LogP contribution in [0.3, 0.4) is 0 Å². The van der Waals surface area contributed by atoms with Crippen molar-refractivity contribution in [2.45, 2.75) is 33.6 Å². The van der Waals surface area contributed by atoms with Crippen LogP contribution in [0.2, 0.25) is 0 Å². The van der Waals surface area contributed by atoms with Crippen LogP contribution in [0.5, 0.6) is 0 Å². The Hall–Kier alpha value is -1.71. The van der Waals surface area contributed by atoms with Crippen molar-refractivity contribution < 1.29 is 0 Å². The molecule has 90 valence electrons. The van der Waals surface area contributed by atoms with Crippen molar-refractivity contribution in [3.8, 4) is 11.6 Å². The molecular weight excluding hydrogens is 212 g/mol. The van der Waals surface area contributed by atoms with Crippen LogP contribution in [-0.2, 0) is 7.05 Å². The van der Waals surface area contributed by atoms with Gasteiger partial charge in [-0.05, 0) is 25.3 Å². The second kappa shape index (κ2) is 4.28. The predicted octanol–water partition coefficient (Wildman–Crippen LogP) is 2.62. The van der Waals surface area contributed by atoms with Crippen molar-refractivity contribution in [1.29, 1.82) is 0 Å². The zero-order valence-corrected chi connectivity index (χ0v) is 11.0. The summed E-state index contributed by atoms with van der Waals surface area (Å²) < 4.78 is 2.06. The predicted molar refractivity (Wildman–Crippen MR) is 67.8 cm³/mol. The third-order valence-electron chi connectivity index (χ3n) is 2.95. The number of hydrogen-bond donors (Lipinski definition) is 0. The SMILES string of the molecule is Cc1cnc(-c2nc(C(C)C)c(C)n2C)nc1. The number of rotatable bonds is 2. The molecule has 0 aliphatic heterocycles. The summed E-state index contributed by atoms with van der Waals surface area (Å²) in [6.07, 6.45) is 3.64. The third kappa shape index (κ3) is 2.07. The van der Waals surface area contributed by atoms with Crippen molar-refractivity contribution >= 4 is 0 Å². The Kier molecular flexibility index (Phi) is 2.96. The summed E-state index contributed by atoms with van der Waals surface area (Å²) in [5.41, 5.74) is 3.36. The van der Waals surface area contributed by atoms with Gasteiger partial charge in [0.15, 0.2) is 11.6 Å². The lowest BCUT2D eigenvalue weighted by Crippen LogP contribution is -1.98. The number of aromatic nitrogens is 4. The second-order valence-electron chi connectivity index (χ2n) is 4.70. The monoisotopic (exact) mass is 230 g/mol. The summed E-state index contributed by atoms with van der Waals surface area (Å²) in [5, 5.41) is 0. The Bertz CT molecular complexity index is 523. The van der Waals surface area contributed by atoms with Crippen LogP contribution in [0.15, 0.2) is 12.4 Å². The average molecular weight is 230 g/mol. The van der Waals surface area contributed by atoms with Crippen LogP contribution < -0.4 is 0 Å². The molecule has 0 saturated heterocycles. The van der Waals surface area contributed by atoms with Crippen molar-refractivity contribution in [3.63, 3.8) is 0 Å². The van der Waals surface area contributed by atoms with Gasteiger partial charge in [0, 0.05) is 25.1 Å². The van der Waals surface area contributed by atoms with Crippen LogP contribution in [0.4, 0.5) is 0 Å². The van der Waals surface area contributed by atoms with Crippen molar-refractivity contribution in [2.75, 3.05) is 0 Å². The molecule has 0 amide bonds. The molecule has 0 saturated carbocycles. The maximum absolute atomic E-state index is 4.65. The van der Waals surface area contributed by atoms with Gasteiger partial charge in [-0.1, -0.05) is 13.8 Å². The fourth-order valence-electron chi connectivity index (χ4n) is 1.86. The van der Waals surface area contributed by atoms with E-state index in [2.05, 4.69) is 40.3 Å². The summed E-state index contributed by atoms with van der Waals surface area (Å²) in [5.74, 6) is 1.94. The molecule has 0 atom stereocenters. The summed E-state index contributed by atoms with van der Waals surface area (Å²) in [4.78, 5) is 13.3. The molecule has 2 aromatic heterocycles. The van der Waals surface area contributed by atoms with E-state index in [0.29, 0.717) is 11.7 Å². The first-order valence-corrected chi connectivity index (χ1v) is 5.83. The first-order valence-electron chi connectivity index (χ1n) is 5.83. The molecule has 2 rings (SSSR count). The van der Waals surface area contributed by atoms with Gasteiger partial charge in [0.2, 0.25) is 0 Å². The van der Waals surface area contributed by atoms with Crippen LogP contribution in [0.1, 0.15) is 36.7 Å². The Balaban J connectivity index is 2.53. The number of aryl methyl sites for hydroxylation is 1. The highest BCUT2D eigenvalue weighted by Crippen LogP contribution is 2.23. The molecule has 0 radical (unpaired) electrons. The molecule has 0 spiro atoms. The lowest BCUT2D eigenvalue weighted by molar-refractivity contribution is 0.807. The van der Waals surface area contributed by atoms with E-state index >= 15 is 0 Å². The maximum atomic E-state index is 4.65. The standard InChI is InChI=1S/C13H18N4/c1-8(2)11-10(4)17(5)13(16-11)12-14-6-9(3)7-15-12/h6-8H,1-5H3. The Morgan fingerprint density at radius 3 is 2.18 bits per heavy atom. The summed E-state index contributed by atoms with van der Waals surface area (Å²) in [6, 6.07) is 0. The van der Waals surface area contributed by atoms with Crippen molar-refractivity contribution in [2.24, 2.45) is 7.05 Å². The first-order chi connectivity index (χ1) is 8.00. The Morgan fingerprint density at radius 1 is 1.12 bits per heavy atom. The van der Waals surface area contributed by atoms with E-state index in [9.17, 15) is 0 Å². The van der Waals surface area contributed by atoms with Gasteiger partial charge in [0.1, 0.15) is 0 Å². The molecule has 0 fully saturated rings. The average Bonchev–Trinajstić information content (AvgIpc) is 2.58. The summed E-state index contributed by atoms with van der Waals surface area (Å²) in [7, 11) is 2.01. The molecule has 0 N–H and O–H groups in total. The normalized spacial score (nSPS) is 11.2. The van der Waals surface area contributed by atoms with E-state index in [1.807, 2.05) is 26.4 Å². The summed E-state index contributed by atoms with van der Waals surface area (Å²) in [6.45, 7) is 8.36. The van der Waals surface area contributed by atoms with Crippen LogP contribution >= 0.6 is 0 Å². The van der Waals surface area contributed by atoms with Gasteiger partial charge < -0.3 is 4.57 Å². The molecular formula is C13H18N4. The van der Waals surface area contributed by atoms with Gasteiger partial charge in [-0.25, -0.2) is 15.0 Å². The van der Waals surface area contributed by atoms with Crippen LogP contribution in [0, 0.1) is 13.8 Å². The maximum Gasteiger partial charge on any atom is 0.195 e. The van der Waals surface area contributed by atoms with E-state index in [-0.39, 0.29) is 0 Å². The van der Waals surface area contributed by atoms with Crippen molar-refractivity contribution in [3.05, 3.63) is 29.3 Å². The van der Waals surface area contributed by atoms with Gasteiger partial charge >= 0.3 is 0 Å². The minimum atomic E-state index is 0.417. The van der Waals surface area contributed by atoms with Gasteiger partial charge in [0.25, 0.3) is 0 Å². The highest BCUT2D eigenvalue weighted by atomic mass is 15.1. The molecule has 0 aliphatic carbocycles. The van der Waals surface area contributed by atoms with Crippen molar-refractivity contribution in [1.82, 2.24) is 19.5 Å². The number of nitrogens with zero attached hydrogens (tertiary/aromatic N) is 4. The lowest BCUT2D eigenvalue weighted by Gasteiger charge is -2.02. The van der Waals surface area contributed by atoms with Crippen LogP contribution in [-0.4, -0.2) is 19.5 Å². The molecule has 4 nitrogen and oxygen atoms in total. The van der Waals surface area contributed by atoms with E-state index < -0.39 is 0 Å². The molecule has 0 bridgehead atoms. The number of hydrogen-bond acceptors (Lipinski definition) is 3. The molecule has 0 aliphatic rings. The zero-order valence-electron chi connectivity index (χ0n) is 11.0. The summed E-state index contributed by atoms with van der Waals surface area (Å²) >= 11 is 0. The topological polar surface area (TPSA) is 43.6 Å². The number of imidazole rings is 1. The third-order valence-corrected chi connectivity index (χ3v) is 2.95.